The minimum Gasteiger partial charge on any atom is -0.481 e. The van der Waals surface area contributed by atoms with Crippen molar-refractivity contribution >= 4 is 12.1 Å². The van der Waals surface area contributed by atoms with Crippen molar-refractivity contribution in [3.8, 4) is 0 Å². The van der Waals surface area contributed by atoms with Gasteiger partial charge in [0.15, 0.2) is 0 Å². The molecule has 1 aliphatic heterocycles. The number of benzene rings is 1. The molecule has 4 bridgehead atoms. The summed E-state index contributed by atoms with van der Waals surface area (Å²) in [5.41, 5.74) is 1.92. The van der Waals surface area contributed by atoms with Gasteiger partial charge >= 0.3 is 12.1 Å². The van der Waals surface area contributed by atoms with E-state index in [1.54, 1.807) is 0 Å². The summed E-state index contributed by atoms with van der Waals surface area (Å²) in [6, 6.07) is 8.29. The van der Waals surface area contributed by atoms with E-state index in [1.807, 2.05) is 17.0 Å². The van der Waals surface area contributed by atoms with E-state index in [1.165, 1.54) is 11.1 Å². The normalized spacial score (nSPS) is 38.7. The van der Waals surface area contributed by atoms with Gasteiger partial charge in [0.05, 0.1) is 12.0 Å². The zero-order valence-electron chi connectivity index (χ0n) is 18.5. The van der Waals surface area contributed by atoms with Crippen LogP contribution in [0.3, 0.4) is 0 Å². The van der Waals surface area contributed by atoms with Crippen LogP contribution in [0, 0.1) is 17.8 Å². The molecule has 4 saturated carbocycles. The molecule has 1 spiro atoms. The van der Waals surface area contributed by atoms with Crippen molar-refractivity contribution in [2.75, 3.05) is 13.1 Å². The molecule has 6 nitrogen and oxygen atoms in total. The van der Waals surface area contributed by atoms with E-state index < -0.39 is 11.6 Å². The van der Waals surface area contributed by atoms with Crippen LogP contribution in [0.2, 0.25) is 0 Å². The van der Waals surface area contributed by atoms with Gasteiger partial charge in [0.2, 0.25) is 0 Å². The molecule has 6 heteroatoms. The average Bonchev–Trinajstić information content (AvgIpc) is 3.02. The second-order valence-corrected chi connectivity index (χ2v) is 11.4. The van der Waals surface area contributed by atoms with Crippen LogP contribution in [0.5, 0.6) is 0 Å². The molecule has 1 aromatic carbocycles. The number of likely N-dealkylation sites (tertiary alicyclic amines) is 1. The predicted molar refractivity (Wildman–Crippen MR) is 117 cm³/mol. The smallest absolute Gasteiger partial charge is 0.410 e. The Labute approximate surface area is 188 Å². The van der Waals surface area contributed by atoms with Crippen molar-refractivity contribution in [2.24, 2.45) is 17.8 Å². The zero-order valence-corrected chi connectivity index (χ0v) is 18.5. The van der Waals surface area contributed by atoms with Gasteiger partial charge in [-0.05, 0) is 91.6 Å². The number of ether oxygens (including phenoxy) is 1. The molecule has 0 aromatic heterocycles. The van der Waals surface area contributed by atoms with Crippen LogP contribution >= 0.6 is 0 Å². The van der Waals surface area contributed by atoms with E-state index in [2.05, 4.69) is 12.1 Å². The number of aliphatic carboxylic acids is 1. The Morgan fingerprint density at radius 2 is 1.72 bits per heavy atom. The first-order valence-electron chi connectivity index (χ1n) is 12.3. The minimum atomic E-state index is -0.747. The standard InChI is InChI=1S/C26H33NO5/c28-22(29)11-17-13-25(21-4-2-1-3-20(17)21)5-7-27(8-6-25)24(30)32-23-18-9-16-10-19(23)15-26(31,12-16)14-18/h1-4,16-19,23,31H,5-15H2,(H,28,29). The number of nitrogens with zero attached hydrogens (tertiary/aromatic N) is 1. The maximum absolute atomic E-state index is 13.1. The lowest BCUT2D eigenvalue weighted by molar-refractivity contribution is -0.178. The van der Waals surface area contributed by atoms with Gasteiger partial charge in [-0.25, -0.2) is 4.79 Å². The quantitative estimate of drug-likeness (QED) is 0.742. The van der Waals surface area contributed by atoms with Crippen LogP contribution in [0.25, 0.3) is 0 Å². The molecule has 172 valence electrons. The van der Waals surface area contributed by atoms with Crippen molar-refractivity contribution in [1.29, 1.82) is 0 Å². The molecule has 1 saturated heterocycles. The zero-order chi connectivity index (χ0) is 22.1. The van der Waals surface area contributed by atoms with E-state index in [-0.39, 0.29) is 30.0 Å². The molecule has 32 heavy (non-hydrogen) atoms. The van der Waals surface area contributed by atoms with E-state index in [4.69, 9.17) is 4.74 Å². The summed E-state index contributed by atoms with van der Waals surface area (Å²) >= 11 is 0. The van der Waals surface area contributed by atoms with Gasteiger partial charge in [-0.2, -0.15) is 0 Å². The largest absolute Gasteiger partial charge is 0.481 e. The highest BCUT2D eigenvalue weighted by atomic mass is 16.6. The van der Waals surface area contributed by atoms with Gasteiger partial charge in [0, 0.05) is 13.1 Å². The predicted octanol–water partition coefficient (Wildman–Crippen LogP) is 4.06. The van der Waals surface area contributed by atoms with E-state index in [9.17, 15) is 19.8 Å². The minimum absolute atomic E-state index is 0.0284. The monoisotopic (exact) mass is 439 g/mol. The molecular formula is C26H33NO5. The first-order chi connectivity index (χ1) is 15.3. The second kappa shape index (κ2) is 7.21. The number of amides is 1. The van der Waals surface area contributed by atoms with E-state index in [0.717, 1.165) is 51.4 Å². The Morgan fingerprint density at radius 1 is 1.03 bits per heavy atom. The maximum atomic E-state index is 13.1. The van der Waals surface area contributed by atoms with Crippen LogP contribution in [0.1, 0.15) is 74.8 Å². The fraction of sp³-hybridized carbons (Fsp3) is 0.692. The van der Waals surface area contributed by atoms with E-state index >= 15 is 0 Å². The van der Waals surface area contributed by atoms with Crippen molar-refractivity contribution in [3.05, 3.63) is 35.4 Å². The number of hydrogen-bond donors (Lipinski definition) is 2. The fourth-order valence-electron chi connectivity index (χ4n) is 8.33. The maximum Gasteiger partial charge on any atom is 0.410 e. The Hall–Kier alpha value is -2.08. The highest BCUT2D eigenvalue weighted by molar-refractivity contribution is 5.69. The van der Waals surface area contributed by atoms with Gasteiger partial charge < -0.3 is 19.8 Å². The molecule has 0 radical (unpaired) electrons. The van der Waals surface area contributed by atoms with E-state index in [0.29, 0.717) is 30.8 Å². The molecule has 5 aliphatic carbocycles. The number of carbonyl (C=O) groups excluding carboxylic acids is 1. The van der Waals surface area contributed by atoms with Gasteiger partial charge in [0.1, 0.15) is 6.10 Å². The number of rotatable bonds is 3. The molecular weight excluding hydrogens is 406 g/mol. The third kappa shape index (κ3) is 3.25. The number of hydrogen-bond acceptors (Lipinski definition) is 4. The molecule has 1 heterocycles. The van der Waals surface area contributed by atoms with Crippen LogP contribution in [-0.2, 0) is 14.9 Å². The van der Waals surface area contributed by atoms with Crippen LogP contribution in [0.15, 0.2) is 24.3 Å². The molecule has 7 rings (SSSR count). The molecule has 5 fully saturated rings. The van der Waals surface area contributed by atoms with Gasteiger partial charge in [-0.3, -0.25) is 4.79 Å². The Kier molecular flexibility index (Phi) is 4.62. The molecule has 1 amide bonds. The molecule has 1 aromatic rings. The molecule has 6 aliphatic rings. The summed E-state index contributed by atoms with van der Waals surface area (Å²) in [6.07, 6.45) is 7.16. The topological polar surface area (TPSA) is 87.1 Å². The van der Waals surface area contributed by atoms with Crippen LogP contribution in [-0.4, -0.2) is 52.0 Å². The number of fused-ring (bicyclic) bond motifs is 2. The Balaban J connectivity index is 1.12. The van der Waals surface area contributed by atoms with Crippen LogP contribution in [0.4, 0.5) is 4.79 Å². The average molecular weight is 440 g/mol. The number of carboxylic acids is 1. The lowest BCUT2D eigenvalue weighted by Gasteiger charge is -2.57. The number of carbonyl (C=O) groups is 2. The number of piperidine rings is 1. The van der Waals surface area contributed by atoms with Crippen molar-refractivity contribution < 1.29 is 24.5 Å². The third-order valence-corrected chi connectivity index (χ3v) is 9.40. The summed E-state index contributed by atoms with van der Waals surface area (Å²) < 4.78 is 6.10. The van der Waals surface area contributed by atoms with Gasteiger partial charge in [-0.1, -0.05) is 24.3 Å². The molecule has 2 N–H and O–H groups in total. The van der Waals surface area contributed by atoms with Crippen molar-refractivity contribution in [2.45, 2.75) is 80.8 Å². The Morgan fingerprint density at radius 3 is 2.38 bits per heavy atom. The molecule has 3 unspecified atom stereocenters. The fourth-order valence-corrected chi connectivity index (χ4v) is 8.33. The van der Waals surface area contributed by atoms with Crippen molar-refractivity contribution in [3.63, 3.8) is 0 Å². The second-order valence-electron chi connectivity index (χ2n) is 11.4. The third-order valence-electron chi connectivity index (χ3n) is 9.40. The SMILES string of the molecule is O=C(O)CC1CC2(CCN(C(=O)OC3C4CC5CC3CC(O)(C5)C4)CC2)c2ccccc21. The Bertz CT molecular complexity index is 920. The first-order valence-corrected chi connectivity index (χ1v) is 12.3. The summed E-state index contributed by atoms with van der Waals surface area (Å²) in [5.74, 6) is 0.530. The van der Waals surface area contributed by atoms with Crippen LogP contribution < -0.4 is 0 Å². The lowest BCUT2D eigenvalue weighted by atomic mass is 9.53. The first kappa shape index (κ1) is 20.5. The summed E-state index contributed by atoms with van der Waals surface area (Å²) in [4.78, 5) is 26.4. The number of carboxylic acid groups (broad SMARTS) is 1. The lowest BCUT2D eigenvalue weighted by Crippen LogP contribution is -2.58. The highest BCUT2D eigenvalue weighted by Gasteiger charge is 2.56. The summed E-state index contributed by atoms with van der Waals surface area (Å²) in [5, 5.41) is 20.2. The summed E-state index contributed by atoms with van der Waals surface area (Å²) in [6.45, 7) is 1.31. The van der Waals surface area contributed by atoms with Crippen molar-refractivity contribution in [1.82, 2.24) is 4.90 Å². The molecule has 3 atom stereocenters. The van der Waals surface area contributed by atoms with Gasteiger partial charge in [0.25, 0.3) is 0 Å². The highest BCUT2D eigenvalue weighted by Crippen LogP contribution is 2.57. The number of aliphatic hydroxyl groups is 1. The van der Waals surface area contributed by atoms with Gasteiger partial charge in [-0.15, -0.1) is 0 Å². The summed E-state index contributed by atoms with van der Waals surface area (Å²) in [7, 11) is 0.